The normalized spacial score (nSPS) is 15.0. The van der Waals surface area contributed by atoms with Gasteiger partial charge in [-0.05, 0) is 55.0 Å². The summed E-state index contributed by atoms with van der Waals surface area (Å²) in [4.78, 5) is 41.5. The smallest absolute Gasteiger partial charge is 0.325 e. The van der Waals surface area contributed by atoms with E-state index in [1.165, 1.54) is 11.3 Å². The van der Waals surface area contributed by atoms with Crippen LogP contribution in [0.15, 0.2) is 35.7 Å². The van der Waals surface area contributed by atoms with Crippen LogP contribution in [0.2, 0.25) is 0 Å². The minimum absolute atomic E-state index is 0.0154. The summed E-state index contributed by atoms with van der Waals surface area (Å²) in [5.74, 6) is -0.543. The van der Waals surface area contributed by atoms with E-state index in [4.69, 9.17) is 9.47 Å². The molecule has 0 spiro atoms. The molecule has 2 N–H and O–H groups in total. The number of nitrogens with zero attached hydrogens (tertiary/aromatic N) is 2. The number of esters is 1. The van der Waals surface area contributed by atoms with Crippen molar-refractivity contribution in [1.82, 2.24) is 10.2 Å². The van der Waals surface area contributed by atoms with Gasteiger partial charge in [-0.1, -0.05) is 6.07 Å². The van der Waals surface area contributed by atoms with Gasteiger partial charge in [0.25, 0.3) is 5.91 Å². The lowest BCUT2D eigenvalue weighted by Crippen LogP contribution is -2.37. The molecule has 1 atom stereocenters. The highest BCUT2D eigenvalue weighted by molar-refractivity contribution is 7.12. The highest BCUT2D eigenvalue weighted by Crippen LogP contribution is 2.27. The summed E-state index contributed by atoms with van der Waals surface area (Å²) in [6.07, 6.45) is 1.94. The number of anilines is 2. The van der Waals surface area contributed by atoms with Gasteiger partial charge < -0.3 is 29.9 Å². The lowest BCUT2D eigenvalue weighted by atomic mass is 10.1. The van der Waals surface area contributed by atoms with E-state index in [-0.39, 0.29) is 25.2 Å². The molecule has 0 aliphatic carbocycles. The van der Waals surface area contributed by atoms with E-state index >= 15 is 0 Å². The molecule has 0 unspecified atom stereocenters. The number of rotatable bonds is 10. The second kappa shape index (κ2) is 12.4. The number of nitrogens with one attached hydrogen (secondary N) is 2. The molecule has 1 aliphatic heterocycles. The largest absolute Gasteiger partial charge is 0.465 e. The van der Waals surface area contributed by atoms with Crippen molar-refractivity contribution in [3.8, 4) is 0 Å². The summed E-state index contributed by atoms with van der Waals surface area (Å²) in [6, 6.07) is 8.72. The van der Waals surface area contributed by atoms with Gasteiger partial charge in [0.1, 0.15) is 6.54 Å². The molecule has 1 saturated heterocycles. The molecule has 1 aliphatic rings. The van der Waals surface area contributed by atoms with Crippen LogP contribution in [0.3, 0.4) is 0 Å². The maximum atomic E-state index is 13.3. The molecule has 3 rings (SSSR count). The molecule has 0 saturated carbocycles. The first kappa shape index (κ1) is 25.5. The zero-order valence-electron chi connectivity index (χ0n) is 19.8. The molecule has 9 nitrogen and oxygen atoms in total. The number of hydrogen-bond acceptors (Lipinski definition) is 7. The fourth-order valence-corrected chi connectivity index (χ4v) is 4.47. The van der Waals surface area contributed by atoms with Crippen LogP contribution in [-0.2, 0) is 20.8 Å². The van der Waals surface area contributed by atoms with Gasteiger partial charge >= 0.3 is 12.0 Å². The molecule has 10 heteroatoms. The summed E-state index contributed by atoms with van der Waals surface area (Å²) in [5.41, 5.74) is 2.38. The van der Waals surface area contributed by atoms with E-state index in [9.17, 15) is 14.4 Å². The fourth-order valence-electron chi connectivity index (χ4n) is 3.78. The summed E-state index contributed by atoms with van der Waals surface area (Å²) in [6.45, 7) is 3.33. The van der Waals surface area contributed by atoms with Crippen molar-refractivity contribution in [2.45, 2.75) is 32.4 Å². The van der Waals surface area contributed by atoms with Gasteiger partial charge in [-0.25, -0.2) is 4.79 Å². The summed E-state index contributed by atoms with van der Waals surface area (Å²) >= 11 is 1.42. The molecule has 2 aromatic rings. The third kappa shape index (κ3) is 7.19. The first-order valence-corrected chi connectivity index (χ1v) is 12.2. The Morgan fingerprint density at radius 3 is 2.71 bits per heavy atom. The van der Waals surface area contributed by atoms with Crippen molar-refractivity contribution < 1.29 is 23.9 Å². The Labute approximate surface area is 204 Å². The fraction of sp³-hybridized carbons (Fsp3) is 0.458. The van der Waals surface area contributed by atoms with Gasteiger partial charge in [-0.15, -0.1) is 11.3 Å². The van der Waals surface area contributed by atoms with E-state index in [2.05, 4.69) is 10.6 Å². The van der Waals surface area contributed by atoms with Crippen molar-refractivity contribution >= 4 is 40.6 Å². The Morgan fingerprint density at radius 2 is 2.06 bits per heavy atom. The number of hydrogen-bond donors (Lipinski definition) is 2. The minimum atomic E-state index is -0.512. The number of urea groups is 1. The molecular formula is C24H32N4O5S. The molecule has 34 heavy (non-hydrogen) atoms. The topological polar surface area (TPSA) is 100 Å². The van der Waals surface area contributed by atoms with E-state index in [1.807, 2.05) is 53.5 Å². The van der Waals surface area contributed by atoms with Crippen LogP contribution in [0, 0.1) is 0 Å². The Hall–Kier alpha value is -3.11. The summed E-state index contributed by atoms with van der Waals surface area (Å²) < 4.78 is 10.6. The van der Waals surface area contributed by atoms with E-state index < -0.39 is 12.0 Å². The van der Waals surface area contributed by atoms with E-state index in [1.54, 1.807) is 13.0 Å². The number of thiophene rings is 1. The minimum Gasteiger partial charge on any atom is -0.465 e. The standard InChI is InChI=1S/C24H32N4O5S/c1-4-32-22(29)14-25-24(31)26-18-9-10-20(27(2)3)17(13-18)15-28(16-19-7-5-11-33-19)23(30)21-8-6-12-34-21/h6,8-10,12-13,19H,4-5,7,11,14-16H2,1-3H3,(H2,25,26,31)/t19-/m1/s1. The number of ether oxygens (including phenoxy) is 2. The van der Waals surface area contributed by atoms with Crippen LogP contribution in [0.25, 0.3) is 0 Å². The average molecular weight is 489 g/mol. The molecule has 2 heterocycles. The molecule has 1 aromatic carbocycles. The predicted octanol–water partition coefficient (Wildman–Crippen LogP) is 3.32. The second-order valence-electron chi connectivity index (χ2n) is 8.15. The maximum Gasteiger partial charge on any atom is 0.325 e. The van der Waals surface area contributed by atoms with Crippen molar-refractivity contribution in [3.63, 3.8) is 0 Å². The zero-order valence-corrected chi connectivity index (χ0v) is 20.7. The highest BCUT2D eigenvalue weighted by Gasteiger charge is 2.25. The van der Waals surface area contributed by atoms with E-state index in [0.29, 0.717) is 23.7 Å². The molecule has 0 bridgehead atoms. The SMILES string of the molecule is CCOC(=O)CNC(=O)Nc1ccc(N(C)C)c(CN(C[C@H]2CCCO2)C(=O)c2cccs2)c1. The number of carbonyl (C=O) groups is 3. The van der Waals surface area contributed by atoms with Gasteiger partial charge in [0.05, 0.1) is 17.6 Å². The van der Waals surface area contributed by atoms with Crippen molar-refractivity contribution in [3.05, 3.63) is 46.2 Å². The van der Waals surface area contributed by atoms with Gasteiger partial charge in [0, 0.05) is 45.2 Å². The van der Waals surface area contributed by atoms with E-state index in [0.717, 1.165) is 30.7 Å². The molecule has 1 fully saturated rings. The van der Waals surface area contributed by atoms with Crippen LogP contribution < -0.4 is 15.5 Å². The van der Waals surface area contributed by atoms with Gasteiger partial charge in [-0.2, -0.15) is 0 Å². The van der Waals surface area contributed by atoms with Crippen LogP contribution in [0.1, 0.15) is 35.0 Å². The van der Waals surface area contributed by atoms with Crippen molar-refractivity contribution in [2.24, 2.45) is 0 Å². The Kier molecular flexibility index (Phi) is 9.29. The predicted molar refractivity (Wildman–Crippen MR) is 132 cm³/mol. The Morgan fingerprint density at radius 1 is 1.24 bits per heavy atom. The first-order valence-electron chi connectivity index (χ1n) is 11.3. The molecule has 0 radical (unpaired) electrons. The number of benzene rings is 1. The quantitative estimate of drug-likeness (QED) is 0.498. The second-order valence-corrected chi connectivity index (χ2v) is 9.10. The van der Waals surface area contributed by atoms with Gasteiger partial charge in [-0.3, -0.25) is 9.59 Å². The average Bonchev–Trinajstić information content (AvgIpc) is 3.51. The lowest BCUT2D eigenvalue weighted by molar-refractivity contribution is -0.141. The van der Waals surface area contributed by atoms with Crippen LogP contribution in [0.5, 0.6) is 0 Å². The molecule has 184 valence electrons. The Balaban J connectivity index is 1.77. The van der Waals surface area contributed by atoms with Crippen LogP contribution in [0.4, 0.5) is 16.2 Å². The lowest BCUT2D eigenvalue weighted by Gasteiger charge is -2.28. The van der Waals surface area contributed by atoms with Crippen molar-refractivity contribution in [2.75, 3.05) is 50.6 Å². The molecule has 1 aromatic heterocycles. The molecular weight excluding hydrogens is 456 g/mol. The van der Waals surface area contributed by atoms with Crippen molar-refractivity contribution in [1.29, 1.82) is 0 Å². The number of amides is 3. The third-order valence-electron chi connectivity index (χ3n) is 5.35. The van der Waals surface area contributed by atoms with Crippen LogP contribution >= 0.6 is 11.3 Å². The summed E-state index contributed by atoms with van der Waals surface area (Å²) in [7, 11) is 3.87. The monoisotopic (exact) mass is 488 g/mol. The first-order chi connectivity index (χ1) is 16.4. The number of carbonyl (C=O) groups excluding carboxylic acids is 3. The van der Waals surface area contributed by atoms with Gasteiger partial charge in [0.15, 0.2) is 0 Å². The Bertz CT molecular complexity index is 974. The highest BCUT2D eigenvalue weighted by atomic mass is 32.1. The zero-order chi connectivity index (χ0) is 24.5. The maximum absolute atomic E-state index is 13.3. The van der Waals surface area contributed by atoms with Gasteiger partial charge in [0.2, 0.25) is 0 Å². The van der Waals surface area contributed by atoms with Crippen LogP contribution in [-0.4, -0.2) is 69.3 Å². The third-order valence-corrected chi connectivity index (χ3v) is 6.20. The molecule has 3 amide bonds. The summed E-state index contributed by atoms with van der Waals surface area (Å²) in [5, 5.41) is 7.12.